The summed E-state index contributed by atoms with van der Waals surface area (Å²) in [5.41, 5.74) is 3.02. The third-order valence-electron chi connectivity index (χ3n) is 2.80. The molecule has 1 heterocycles. The normalized spacial score (nSPS) is 9.67. The highest BCUT2D eigenvalue weighted by Crippen LogP contribution is 2.24. The first-order valence-electron chi connectivity index (χ1n) is 6.98. The van der Waals surface area contributed by atoms with Crippen LogP contribution in [0.2, 0.25) is 0 Å². The third kappa shape index (κ3) is 3.99. The molecule has 2 nitrogen and oxygen atoms in total. The maximum Gasteiger partial charge on any atom is 0.161 e. The molecule has 0 aliphatic carbocycles. The van der Waals surface area contributed by atoms with Crippen LogP contribution in [0.3, 0.4) is 0 Å². The lowest BCUT2D eigenvalue weighted by atomic mass is 10.1. The molecule has 2 aromatic carbocycles. The molecule has 21 heavy (non-hydrogen) atoms. The Bertz CT molecular complexity index is 624. The number of hydrogen-bond acceptors (Lipinski definition) is 2. The lowest BCUT2D eigenvalue weighted by molar-refractivity contribution is 1.15. The minimum atomic E-state index is 0.730. The van der Waals surface area contributed by atoms with E-state index in [1.54, 1.807) is 0 Å². The number of halogens is 1. The summed E-state index contributed by atoms with van der Waals surface area (Å²) in [5.74, 6) is 0.730. The van der Waals surface area contributed by atoms with Gasteiger partial charge >= 0.3 is 0 Å². The summed E-state index contributed by atoms with van der Waals surface area (Å²) in [4.78, 5) is 9.07. The van der Waals surface area contributed by atoms with Crippen molar-refractivity contribution in [2.45, 2.75) is 13.8 Å². The van der Waals surface area contributed by atoms with E-state index in [9.17, 15) is 0 Å². The molecule has 0 amide bonds. The van der Waals surface area contributed by atoms with Crippen molar-refractivity contribution >= 4 is 15.9 Å². The van der Waals surface area contributed by atoms with E-state index in [1.165, 1.54) is 0 Å². The van der Waals surface area contributed by atoms with Crippen LogP contribution in [0.5, 0.6) is 0 Å². The van der Waals surface area contributed by atoms with Gasteiger partial charge < -0.3 is 0 Å². The fourth-order valence-electron chi connectivity index (χ4n) is 1.89. The van der Waals surface area contributed by atoms with Gasteiger partial charge in [-0.25, -0.2) is 9.97 Å². The number of hydrogen-bond donors (Lipinski definition) is 0. The Labute approximate surface area is 134 Å². The van der Waals surface area contributed by atoms with Crippen LogP contribution in [-0.2, 0) is 0 Å². The number of benzene rings is 2. The number of rotatable bonds is 2. The molecule has 0 atom stereocenters. The summed E-state index contributed by atoms with van der Waals surface area (Å²) in [6.45, 7) is 4.00. The van der Waals surface area contributed by atoms with Crippen LogP contribution in [0.15, 0.2) is 71.3 Å². The highest BCUT2D eigenvalue weighted by Gasteiger charge is 2.06. The summed E-state index contributed by atoms with van der Waals surface area (Å²) < 4.78 is 0.792. The smallest absolute Gasteiger partial charge is 0.161 e. The molecule has 0 spiro atoms. The van der Waals surface area contributed by atoms with Crippen LogP contribution in [0, 0.1) is 0 Å². The summed E-state index contributed by atoms with van der Waals surface area (Å²) >= 11 is 3.46. The zero-order chi connectivity index (χ0) is 15.1. The first kappa shape index (κ1) is 15.4. The third-order valence-corrected chi connectivity index (χ3v) is 3.20. The van der Waals surface area contributed by atoms with Gasteiger partial charge in [0.2, 0.25) is 0 Å². The van der Waals surface area contributed by atoms with E-state index < -0.39 is 0 Å². The molecule has 1 aromatic heterocycles. The van der Waals surface area contributed by atoms with Gasteiger partial charge in [0.1, 0.15) is 4.60 Å². The summed E-state index contributed by atoms with van der Waals surface area (Å²) in [7, 11) is 0. The summed E-state index contributed by atoms with van der Waals surface area (Å²) in [6, 6.07) is 22.0. The second kappa shape index (κ2) is 7.70. The average Bonchev–Trinajstić information content (AvgIpc) is 2.58. The Balaban J connectivity index is 0.000000774. The van der Waals surface area contributed by atoms with Crippen molar-refractivity contribution < 1.29 is 0 Å². The standard InChI is InChI=1S/C16H11BrN2.C2H6/c17-15-11-14(12-7-3-1-4-8-12)18-16(19-15)13-9-5-2-6-10-13;1-2/h1-11H;1-2H3. The maximum atomic E-state index is 4.63. The molecule has 0 saturated heterocycles. The first-order chi connectivity index (χ1) is 10.3. The molecule has 3 heteroatoms. The molecule has 0 aliphatic heterocycles. The van der Waals surface area contributed by atoms with Gasteiger partial charge in [0.15, 0.2) is 5.82 Å². The summed E-state index contributed by atoms with van der Waals surface area (Å²) in [6.07, 6.45) is 0. The van der Waals surface area contributed by atoms with Crippen LogP contribution < -0.4 is 0 Å². The van der Waals surface area contributed by atoms with Gasteiger partial charge in [-0.2, -0.15) is 0 Å². The summed E-state index contributed by atoms with van der Waals surface area (Å²) in [5, 5.41) is 0. The molecule has 0 bridgehead atoms. The van der Waals surface area contributed by atoms with E-state index in [4.69, 9.17) is 0 Å². The van der Waals surface area contributed by atoms with Crippen LogP contribution in [0.1, 0.15) is 13.8 Å². The minimum Gasteiger partial charge on any atom is -0.228 e. The maximum absolute atomic E-state index is 4.63. The average molecular weight is 341 g/mol. The van der Waals surface area contributed by atoms with Gasteiger partial charge in [0, 0.05) is 11.1 Å². The van der Waals surface area contributed by atoms with Gasteiger partial charge in [0.25, 0.3) is 0 Å². The molecule has 0 aliphatic rings. The Morgan fingerprint density at radius 1 is 0.714 bits per heavy atom. The molecular formula is C18H17BrN2. The monoisotopic (exact) mass is 340 g/mol. The number of nitrogens with zero attached hydrogens (tertiary/aromatic N) is 2. The van der Waals surface area contributed by atoms with Crippen molar-refractivity contribution in [3.05, 3.63) is 71.3 Å². The molecule has 106 valence electrons. The van der Waals surface area contributed by atoms with Gasteiger partial charge in [-0.3, -0.25) is 0 Å². The van der Waals surface area contributed by atoms with Crippen molar-refractivity contribution in [1.29, 1.82) is 0 Å². The topological polar surface area (TPSA) is 25.8 Å². The Morgan fingerprint density at radius 3 is 1.81 bits per heavy atom. The van der Waals surface area contributed by atoms with E-state index in [0.717, 1.165) is 27.2 Å². The van der Waals surface area contributed by atoms with Crippen LogP contribution in [-0.4, -0.2) is 9.97 Å². The fourth-order valence-corrected chi connectivity index (χ4v) is 2.28. The van der Waals surface area contributed by atoms with Gasteiger partial charge in [-0.1, -0.05) is 74.5 Å². The van der Waals surface area contributed by atoms with E-state index in [1.807, 2.05) is 80.6 Å². The number of aromatic nitrogens is 2. The lowest BCUT2D eigenvalue weighted by Gasteiger charge is -2.05. The Morgan fingerprint density at radius 2 is 1.24 bits per heavy atom. The van der Waals surface area contributed by atoms with Crippen molar-refractivity contribution in [2.24, 2.45) is 0 Å². The zero-order valence-corrected chi connectivity index (χ0v) is 13.7. The van der Waals surface area contributed by atoms with E-state index >= 15 is 0 Å². The molecular weight excluding hydrogens is 324 g/mol. The molecule has 3 rings (SSSR count). The van der Waals surface area contributed by atoms with Crippen LogP contribution in [0.4, 0.5) is 0 Å². The Kier molecular flexibility index (Phi) is 5.64. The zero-order valence-electron chi connectivity index (χ0n) is 12.1. The molecule has 0 saturated carbocycles. The van der Waals surface area contributed by atoms with Crippen LogP contribution >= 0.6 is 15.9 Å². The van der Waals surface area contributed by atoms with E-state index in [-0.39, 0.29) is 0 Å². The van der Waals surface area contributed by atoms with E-state index in [2.05, 4.69) is 25.9 Å². The fraction of sp³-hybridized carbons (Fsp3) is 0.111. The molecule has 0 radical (unpaired) electrons. The quantitative estimate of drug-likeness (QED) is 0.567. The minimum absolute atomic E-state index is 0.730. The predicted molar refractivity (Wildman–Crippen MR) is 92.0 cm³/mol. The predicted octanol–water partition coefficient (Wildman–Crippen LogP) is 5.60. The molecule has 0 unspecified atom stereocenters. The largest absolute Gasteiger partial charge is 0.228 e. The molecule has 0 N–H and O–H groups in total. The van der Waals surface area contributed by atoms with Crippen LogP contribution in [0.25, 0.3) is 22.6 Å². The van der Waals surface area contributed by atoms with Gasteiger partial charge in [0.05, 0.1) is 5.69 Å². The van der Waals surface area contributed by atoms with Crippen molar-refractivity contribution in [3.8, 4) is 22.6 Å². The van der Waals surface area contributed by atoms with E-state index in [0.29, 0.717) is 0 Å². The molecule has 0 fully saturated rings. The van der Waals surface area contributed by atoms with Crippen molar-refractivity contribution in [1.82, 2.24) is 9.97 Å². The lowest BCUT2D eigenvalue weighted by Crippen LogP contribution is -1.92. The second-order valence-corrected chi connectivity index (χ2v) is 4.94. The highest BCUT2D eigenvalue weighted by molar-refractivity contribution is 9.10. The highest BCUT2D eigenvalue weighted by atomic mass is 79.9. The Hall–Kier alpha value is -2.00. The first-order valence-corrected chi connectivity index (χ1v) is 7.78. The molecule has 3 aromatic rings. The SMILES string of the molecule is Brc1cc(-c2ccccc2)nc(-c2ccccc2)n1.CC. The van der Waals surface area contributed by atoms with Crippen molar-refractivity contribution in [2.75, 3.05) is 0 Å². The van der Waals surface area contributed by atoms with Crippen molar-refractivity contribution in [3.63, 3.8) is 0 Å². The van der Waals surface area contributed by atoms with Gasteiger partial charge in [-0.05, 0) is 22.0 Å². The van der Waals surface area contributed by atoms with Gasteiger partial charge in [-0.15, -0.1) is 0 Å². The second-order valence-electron chi connectivity index (χ2n) is 4.13.